The topological polar surface area (TPSA) is 38.4 Å². The Bertz CT molecular complexity index is 727. The number of fused-ring (bicyclic) bond motifs is 1. The molecule has 0 saturated heterocycles. The van der Waals surface area contributed by atoms with E-state index in [1.807, 2.05) is 18.2 Å². The van der Waals surface area contributed by atoms with Gasteiger partial charge in [-0.05, 0) is 29.7 Å². The van der Waals surface area contributed by atoms with Crippen molar-refractivity contribution >= 4 is 16.5 Å². The normalized spacial score (nSPS) is 16.3. The number of nitrogens with two attached hydrogens (primary N) is 1. The van der Waals surface area contributed by atoms with Crippen molar-refractivity contribution in [1.29, 1.82) is 0 Å². The maximum absolute atomic E-state index is 14.7. The van der Waals surface area contributed by atoms with Crippen molar-refractivity contribution < 1.29 is 8.78 Å². The van der Waals surface area contributed by atoms with Crippen LogP contribution in [0.4, 0.5) is 8.78 Å². The number of hydrogen-bond acceptors (Lipinski definition) is 2. The molecule has 108 valence electrons. The van der Waals surface area contributed by atoms with Gasteiger partial charge in [0.15, 0.2) is 0 Å². The van der Waals surface area contributed by atoms with Gasteiger partial charge in [0.1, 0.15) is 0 Å². The van der Waals surface area contributed by atoms with Gasteiger partial charge in [-0.1, -0.05) is 42.5 Å². The smallest absolute Gasteiger partial charge is 0.312 e. The first-order valence-corrected chi connectivity index (χ1v) is 6.96. The summed E-state index contributed by atoms with van der Waals surface area (Å²) in [7, 11) is 0. The summed E-state index contributed by atoms with van der Waals surface area (Å²) in [6.45, 7) is 0.693. The second-order valence-electron chi connectivity index (χ2n) is 5.18. The summed E-state index contributed by atoms with van der Waals surface area (Å²) >= 11 is 0. The molecule has 0 aliphatic carbocycles. The molecular formula is C17H16F2N2. The number of allylic oxidation sites excluding steroid dienone is 2. The standard InChI is InChI=1S/C17H16F2N2/c18-17(19,16(20)11-13-7-4-10-21-13)15-9-3-6-12-5-1-2-8-14(12)15/h1-3,5-6,8-9,11H,4,7,10,20H2/b16-11-. The monoisotopic (exact) mass is 286 g/mol. The molecule has 0 spiro atoms. The molecule has 1 aliphatic rings. The van der Waals surface area contributed by atoms with Gasteiger partial charge in [0.05, 0.1) is 5.70 Å². The van der Waals surface area contributed by atoms with Gasteiger partial charge in [0.25, 0.3) is 0 Å². The van der Waals surface area contributed by atoms with Crippen LogP contribution in [-0.4, -0.2) is 12.3 Å². The first-order chi connectivity index (χ1) is 10.1. The molecule has 0 bridgehead atoms. The summed E-state index contributed by atoms with van der Waals surface area (Å²) in [6, 6.07) is 12.0. The molecule has 0 saturated carbocycles. The molecule has 4 heteroatoms. The highest BCUT2D eigenvalue weighted by Gasteiger charge is 2.36. The van der Waals surface area contributed by atoms with E-state index in [2.05, 4.69) is 4.99 Å². The summed E-state index contributed by atoms with van der Waals surface area (Å²) in [5.74, 6) is -3.20. The molecule has 0 amide bonds. The fraction of sp³-hybridized carbons (Fsp3) is 0.235. The number of rotatable bonds is 3. The number of aliphatic imine (C=N–C) groups is 1. The third-order valence-electron chi connectivity index (χ3n) is 3.72. The lowest BCUT2D eigenvalue weighted by molar-refractivity contribution is 0.0380. The van der Waals surface area contributed by atoms with Crippen LogP contribution in [-0.2, 0) is 5.92 Å². The van der Waals surface area contributed by atoms with Crippen molar-refractivity contribution in [1.82, 2.24) is 0 Å². The molecule has 2 nitrogen and oxygen atoms in total. The van der Waals surface area contributed by atoms with Crippen LogP contribution in [0.3, 0.4) is 0 Å². The summed E-state index contributed by atoms with van der Waals surface area (Å²) in [6.07, 6.45) is 2.94. The Labute approximate surface area is 122 Å². The molecule has 2 N–H and O–H groups in total. The molecule has 0 aromatic heterocycles. The predicted octanol–water partition coefficient (Wildman–Crippen LogP) is 4.01. The molecule has 1 heterocycles. The molecule has 0 radical (unpaired) electrons. The first kappa shape index (κ1) is 13.7. The highest BCUT2D eigenvalue weighted by atomic mass is 19.3. The fourth-order valence-corrected chi connectivity index (χ4v) is 2.60. The molecular weight excluding hydrogens is 270 g/mol. The van der Waals surface area contributed by atoms with Crippen LogP contribution < -0.4 is 5.73 Å². The van der Waals surface area contributed by atoms with Crippen LogP contribution in [0.15, 0.2) is 59.2 Å². The average Bonchev–Trinajstić information content (AvgIpc) is 2.99. The SMILES string of the molecule is N/C(=C\C1=NCCC1)C(F)(F)c1cccc2ccccc12. The van der Waals surface area contributed by atoms with E-state index in [4.69, 9.17) is 5.73 Å². The van der Waals surface area contributed by atoms with Crippen molar-refractivity contribution in [2.75, 3.05) is 6.54 Å². The van der Waals surface area contributed by atoms with E-state index in [1.54, 1.807) is 18.2 Å². The van der Waals surface area contributed by atoms with Crippen LogP contribution in [0.25, 0.3) is 10.8 Å². The minimum atomic E-state index is -3.20. The average molecular weight is 286 g/mol. The lowest BCUT2D eigenvalue weighted by atomic mass is 9.97. The first-order valence-electron chi connectivity index (χ1n) is 6.96. The third-order valence-corrected chi connectivity index (χ3v) is 3.72. The quantitative estimate of drug-likeness (QED) is 0.909. The van der Waals surface area contributed by atoms with Crippen LogP contribution in [0.2, 0.25) is 0 Å². The Morgan fingerprint density at radius 1 is 1.14 bits per heavy atom. The highest BCUT2D eigenvalue weighted by Crippen LogP contribution is 2.37. The molecule has 3 rings (SSSR count). The zero-order valence-corrected chi connectivity index (χ0v) is 11.5. The van der Waals surface area contributed by atoms with Gasteiger partial charge in [-0.15, -0.1) is 0 Å². The maximum Gasteiger partial charge on any atom is 0.312 e. The Balaban J connectivity index is 2.07. The van der Waals surface area contributed by atoms with Crippen LogP contribution >= 0.6 is 0 Å². The summed E-state index contributed by atoms with van der Waals surface area (Å²) < 4.78 is 29.4. The zero-order chi connectivity index (χ0) is 14.9. The van der Waals surface area contributed by atoms with Crippen LogP contribution in [0, 0.1) is 0 Å². The van der Waals surface area contributed by atoms with Gasteiger partial charge >= 0.3 is 5.92 Å². The molecule has 0 fully saturated rings. The number of nitrogens with zero attached hydrogens (tertiary/aromatic N) is 1. The molecule has 21 heavy (non-hydrogen) atoms. The predicted molar refractivity (Wildman–Crippen MR) is 81.6 cm³/mol. The number of benzene rings is 2. The highest BCUT2D eigenvalue weighted by molar-refractivity contribution is 5.97. The van der Waals surface area contributed by atoms with E-state index < -0.39 is 11.6 Å². The van der Waals surface area contributed by atoms with Crippen molar-refractivity contribution in [3.8, 4) is 0 Å². The molecule has 1 aliphatic heterocycles. The molecule has 2 aromatic carbocycles. The van der Waals surface area contributed by atoms with E-state index >= 15 is 0 Å². The molecule has 2 aromatic rings. The van der Waals surface area contributed by atoms with E-state index in [0.29, 0.717) is 24.1 Å². The Morgan fingerprint density at radius 2 is 1.90 bits per heavy atom. The zero-order valence-electron chi connectivity index (χ0n) is 11.5. The number of halogens is 2. The van der Waals surface area contributed by atoms with Gasteiger partial charge in [-0.25, -0.2) is 0 Å². The summed E-state index contributed by atoms with van der Waals surface area (Å²) in [5, 5.41) is 1.30. The molecule has 0 unspecified atom stereocenters. The third kappa shape index (κ3) is 2.53. The Kier molecular flexibility index (Phi) is 3.45. The minimum absolute atomic E-state index is 0.0621. The van der Waals surface area contributed by atoms with Crippen molar-refractivity contribution in [3.05, 3.63) is 59.8 Å². The van der Waals surface area contributed by atoms with Gasteiger partial charge < -0.3 is 5.73 Å². The maximum atomic E-state index is 14.7. The van der Waals surface area contributed by atoms with Crippen LogP contribution in [0.5, 0.6) is 0 Å². The largest absolute Gasteiger partial charge is 0.397 e. The summed E-state index contributed by atoms with van der Waals surface area (Å²) in [4.78, 5) is 4.17. The second-order valence-corrected chi connectivity index (χ2v) is 5.18. The minimum Gasteiger partial charge on any atom is -0.397 e. The van der Waals surface area contributed by atoms with E-state index in [9.17, 15) is 8.78 Å². The van der Waals surface area contributed by atoms with Crippen LogP contribution in [0.1, 0.15) is 18.4 Å². The number of alkyl halides is 2. The second kappa shape index (κ2) is 5.28. The van der Waals surface area contributed by atoms with Crippen molar-refractivity contribution in [2.24, 2.45) is 10.7 Å². The van der Waals surface area contributed by atoms with Gasteiger partial charge in [-0.3, -0.25) is 4.99 Å². The van der Waals surface area contributed by atoms with Gasteiger partial charge in [0, 0.05) is 17.8 Å². The van der Waals surface area contributed by atoms with Gasteiger partial charge in [-0.2, -0.15) is 8.78 Å². The van der Waals surface area contributed by atoms with E-state index in [0.717, 1.165) is 11.8 Å². The lowest BCUT2D eigenvalue weighted by Crippen LogP contribution is -2.24. The van der Waals surface area contributed by atoms with Gasteiger partial charge in [0.2, 0.25) is 0 Å². The van der Waals surface area contributed by atoms with Crippen molar-refractivity contribution in [2.45, 2.75) is 18.8 Å². The fourth-order valence-electron chi connectivity index (χ4n) is 2.60. The number of hydrogen-bond donors (Lipinski definition) is 1. The van der Waals surface area contributed by atoms with E-state index in [1.165, 1.54) is 12.1 Å². The van der Waals surface area contributed by atoms with Crippen molar-refractivity contribution in [3.63, 3.8) is 0 Å². The van der Waals surface area contributed by atoms with E-state index in [-0.39, 0.29) is 5.56 Å². The summed E-state index contributed by atoms with van der Waals surface area (Å²) in [5.41, 5.74) is 5.84. The Hall–Kier alpha value is -2.23. The lowest BCUT2D eigenvalue weighted by Gasteiger charge is -2.19. The molecule has 0 atom stereocenters. The Morgan fingerprint density at radius 3 is 2.67 bits per heavy atom.